The highest BCUT2D eigenvalue weighted by atomic mass is 19.1. The van der Waals surface area contributed by atoms with Gasteiger partial charge in [0.2, 0.25) is 5.76 Å². The molecule has 1 aliphatic heterocycles. The molecule has 0 atom stereocenters. The number of anilines is 1. The molecule has 0 saturated carbocycles. The van der Waals surface area contributed by atoms with Gasteiger partial charge in [-0.2, -0.15) is 0 Å². The van der Waals surface area contributed by atoms with E-state index < -0.39 is 29.2 Å². The first-order valence-electron chi connectivity index (χ1n) is 12.0. The Balaban J connectivity index is 1.21. The Morgan fingerprint density at radius 2 is 1.74 bits per heavy atom. The molecule has 4 aromatic rings. The summed E-state index contributed by atoms with van der Waals surface area (Å²) in [6, 6.07) is 12.8. The summed E-state index contributed by atoms with van der Waals surface area (Å²) in [4.78, 5) is 29.3. The van der Waals surface area contributed by atoms with Gasteiger partial charge in [-0.15, -0.1) is 0 Å². The smallest absolute Gasteiger partial charge is 0.291 e. The van der Waals surface area contributed by atoms with Crippen molar-refractivity contribution in [3.05, 3.63) is 83.0 Å². The first-order chi connectivity index (χ1) is 18.3. The molecule has 1 fully saturated rings. The predicted octanol–water partition coefficient (Wildman–Crippen LogP) is 3.98. The van der Waals surface area contributed by atoms with E-state index in [0.717, 1.165) is 44.5 Å². The number of piperazine rings is 1. The summed E-state index contributed by atoms with van der Waals surface area (Å²) in [5, 5.41) is 2.33. The number of primary amides is 1. The highest BCUT2D eigenvalue weighted by Gasteiger charge is 2.25. The summed E-state index contributed by atoms with van der Waals surface area (Å²) in [6.45, 7) is 4.75. The molecule has 0 aliphatic carbocycles. The summed E-state index contributed by atoms with van der Waals surface area (Å²) in [6.07, 6.45) is 0. The van der Waals surface area contributed by atoms with Crippen LogP contribution in [-0.2, 0) is 13.1 Å². The lowest BCUT2D eigenvalue weighted by Crippen LogP contribution is -2.45. The van der Waals surface area contributed by atoms with Gasteiger partial charge in [-0.25, -0.2) is 8.78 Å². The number of nitrogens with one attached hydrogen (secondary N) is 1. The number of nitrogens with zero attached hydrogens (tertiary/aromatic N) is 2. The second kappa shape index (κ2) is 10.6. The molecule has 198 valence electrons. The second-order valence-electron chi connectivity index (χ2n) is 9.06. The maximum Gasteiger partial charge on any atom is 0.291 e. The molecule has 0 unspecified atom stereocenters. The minimum atomic E-state index is -1.04. The quantitative estimate of drug-likeness (QED) is 0.358. The van der Waals surface area contributed by atoms with Gasteiger partial charge in [0.15, 0.2) is 17.2 Å². The van der Waals surface area contributed by atoms with Gasteiger partial charge >= 0.3 is 0 Å². The number of fused-ring (bicyclic) bond motifs is 1. The molecule has 38 heavy (non-hydrogen) atoms. The van der Waals surface area contributed by atoms with Crippen LogP contribution in [0.1, 0.15) is 32.4 Å². The third-order valence-electron chi connectivity index (χ3n) is 6.44. The third kappa shape index (κ3) is 5.38. The molecule has 2 aromatic heterocycles. The molecule has 2 amide bonds. The molecule has 2 aromatic carbocycles. The molecule has 0 spiro atoms. The average molecular weight is 525 g/mol. The molecule has 9 nitrogen and oxygen atoms in total. The van der Waals surface area contributed by atoms with Crippen LogP contribution in [-0.4, -0.2) is 54.9 Å². The number of nitrogens with two attached hydrogens (primary N) is 1. The summed E-state index contributed by atoms with van der Waals surface area (Å²) < 4.78 is 44.1. The van der Waals surface area contributed by atoms with Gasteiger partial charge in [0.1, 0.15) is 23.0 Å². The number of hydrogen-bond donors (Lipinski definition) is 2. The number of carbonyl (C=O) groups excluding carboxylic acids is 2. The fourth-order valence-electron chi connectivity index (χ4n) is 4.54. The fraction of sp³-hybridized carbons (Fsp3) is 0.259. The van der Waals surface area contributed by atoms with E-state index in [1.54, 1.807) is 13.2 Å². The zero-order valence-corrected chi connectivity index (χ0v) is 20.6. The Morgan fingerprint density at radius 3 is 2.45 bits per heavy atom. The van der Waals surface area contributed by atoms with Crippen molar-refractivity contribution in [3.8, 4) is 5.75 Å². The Bertz CT molecular complexity index is 1490. The number of amides is 2. The lowest BCUT2D eigenvalue weighted by molar-refractivity contribution is 0.0976. The highest BCUT2D eigenvalue weighted by Crippen LogP contribution is 2.33. The van der Waals surface area contributed by atoms with Crippen molar-refractivity contribution < 1.29 is 31.9 Å². The molecule has 1 saturated heterocycles. The molecular weight excluding hydrogens is 498 g/mol. The minimum absolute atomic E-state index is 0.0293. The van der Waals surface area contributed by atoms with Crippen LogP contribution in [0, 0.1) is 11.6 Å². The second-order valence-corrected chi connectivity index (χ2v) is 9.06. The molecule has 11 heteroatoms. The Morgan fingerprint density at radius 1 is 1.00 bits per heavy atom. The van der Waals surface area contributed by atoms with Gasteiger partial charge in [-0.1, -0.05) is 12.1 Å². The van der Waals surface area contributed by atoms with Crippen LogP contribution in [0.25, 0.3) is 11.0 Å². The third-order valence-corrected chi connectivity index (χ3v) is 6.44. The first-order valence-corrected chi connectivity index (χ1v) is 12.0. The number of hydrogen-bond acceptors (Lipinski definition) is 7. The van der Waals surface area contributed by atoms with Gasteiger partial charge in [0.05, 0.1) is 19.0 Å². The molecule has 0 radical (unpaired) electrons. The van der Waals surface area contributed by atoms with E-state index in [9.17, 15) is 18.4 Å². The molecule has 0 bridgehead atoms. The van der Waals surface area contributed by atoms with Gasteiger partial charge in [0.25, 0.3) is 11.8 Å². The SMILES string of the molecule is COc1cccc(CN2CCN(Cc3ccc(C(=O)Nc4c(C(N)=O)oc5c(F)cc(F)cc45)o3)CC2)c1. The van der Waals surface area contributed by atoms with Gasteiger partial charge in [0, 0.05) is 38.8 Å². The number of rotatable bonds is 8. The number of ether oxygens (including phenoxy) is 1. The van der Waals surface area contributed by atoms with Crippen molar-refractivity contribution in [1.82, 2.24) is 9.80 Å². The van der Waals surface area contributed by atoms with Crippen LogP contribution < -0.4 is 15.8 Å². The predicted molar refractivity (Wildman–Crippen MR) is 135 cm³/mol. The van der Waals surface area contributed by atoms with Gasteiger partial charge < -0.3 is 24.6 Å². The zero-order valence-electron chi connectivity index (χ0n) is 20.6. The van der Waals surface area contributed by atoms with Crippen molar-refractivity contribution in [2.45, 2.75) is 13.1 Å². The fourth-order valence-corrected chi connectivity index (χ4v) is 4.54. The van der Waals surface area contributed by atoms with E-state index in [-0.39, 0.29) is 22.4 Å². The standard InChI is InChI=1S/C27H26F2N4O5/c1-36-18-4-2-3-16(11-18)14-32-7-9-33(10-8-32)15-19-5-6-22(37-19)27(35)31-23-20-12-17(28)13-21(29)24(20)38-25(23)26(30)34/h2-6,11-13H,7-10,14-15H2,1H3,(H2,30,34)(H,31,35). The maximum absolute atomic E-state index is 14.1. The van der Waals surface area contributed by atoms with Crippen LogP contribution in [0.4, 0.5) is 14.5 Å². The lowest BCUT2D eigenvalue weighted by Gasteiger charge is -2.34. The minimum Gasteiger partial charge on any atom is -0.497 e. The van der Waals surface area contributed by atoms with Crippen LogP contribution in [0.3, 0.4) is 0 Å². The van der Waals surface area contributed by atoms with E-state index in [2.05, 4.69) is 21.2 Å². The summed E-state index contributed by atoms with van der Waals surface area (Å²) in [5.41, 5.74) is 5.90. The first kappa shape index (κ1) is 25.4. The Hall–Kier alpha value is -4.22. The van der Waals surface area contributed by atoms with Crippen LogP contribution in [0.2, 0.25) is 0 Å². The topological polar surface area (TPSA) is 114 Å². The van der Waals surface area contributed by atoms with Crippen molar-refractivity contribution in [2.75, 3.05) is 38.6 Å². The van der Waals surface area contributed by atoms with Crippen molar-refractivity contribution >= 4 is 28.5 Å². The monoisotopic (exact) mass is 524 g/mol. The van der Waals surface area contributed by atoms with Crippen molar-refractivity contribution in [1.29, 1.82) is 0 Å². The van der Waals surface area contributed by atoms with E-state index in [1.807, 2.05) is 18.2 Å². The number of halogens is 2. The maximum atomic E-state index is 14.1. The zero-order chi connectivity index (χ0) is 26.8. The van der Waals surface area contributed by atoms with E-state index in [0.29, 0.717) is 18.4 Å². The average Bonchev–Trinajstić information content (AvgIpc) is 3.51. The normalized spacial score (nSPS) is 14.6. The van der Waals surface area contributed by atoms with E-state index in [4.69, 9.17) is 19.3 Å². The van der Waals surface area contributed by atoms with E-state index in [1.165, 1.54) is 11.6 Å². The van der Waals surface area contributed by atoms with Crippen molar-refractivity contribution in [3.63, 3.8) is 0 Å². The van der Waals surface area contributed by atoms with Crippen LogP contribution in [0.5, 0.6) is 5.75 Å². The Kier molecular flexibility index (Phi) is 7.12. The number of benzene rings is 2. The van der Waals surface area contributed by atoms with E-state index >= 15 is 0 Å². The van der Waals surface area contributed by atoms with Gasteiger partial charge in [-0.3, -0.25) is 19.4 Å². The molecule has 1 aliphatic rings. The van der Waals surface area contributed by atoms with Crippen LogP contribution in [0.15, 0.2) is 57.4 Å². The summed E-state index contributed by atoms with van der Waals surface area (Å²) in [7, 11) is 1.65. The largest absolute Gasteiger partial charge is 0.497 e. The van der Waals surface area contributed by atoms with Gasteiger partial charge in [-0.05, 0) is 35.9 Å². The molecule has 3 N–H and O–H groups in total. The summed E-state index contributed by atoms with van der Waals surface area (Å²) in [5.74, 6) is -2.77. The molecule has 5 rings (SSSR count). The lowest BCUT2D eigenvalue weighted by atomic mass is 10.2. The highest BCUT2D eigenvalue weighted by molar-refractivity contribution is 6.13. The molecule has 3 heterocycles. The number of furan rings is 2. The number of carbonyl (C=O) groups is 2. The molecular formula is C27H26F2N4O5. The number of methoxy groups -OCH3 is 1. The van der Waals surface area contributed by atoms with Crippen LogP contribution >= 0.6 is 0 Å². The summed E-state index contributed by atoms with van der Waals surface area (Å²) >= 11 is 0. The van der Waals surface area contributed by atoms with Crippen molar-refractivity contribution in [2.24, 2.45) is 5.73 Å². The Labute approximate surface area is 216 Å².